The van der Waals surface area contributed by atoms with Crippen LogP contribution in [-0.2, 0) is 16.1 Å². The number of nitrogens with zero attached hydrogens (tertiary/aromatic N) is 2. The molecule has 0 bridgehead atoms. The molecule has 1 aliphatic heterocycles. The van der Waals surface area contributed by atoms with Gasteiger partial charge in [0.1, 0.15) is 18.2 Å². The lowest BCUT2D eigenvalue weighted by molar-refractivity contribution is -0.384. The van der Waals surface area contributed by atoms with E-state index in [0.717, 1.165) is 11.3 Å². The molecule has 10 nitrogen and oxygen atoms in total. The summed E-state index contributed by atoms with van der Waals surface area (Å²) < 4.78 is 11.0. The van der Waals surface area contributed by atoms with Gasteiger partial charge < -0.3 is 19.8 Å². The molecule has 2 aromatic carbocycles. The minimum atomic E-state index is -0.728. The lowest BCUT2D eigenvalue weighted by Gasteiger charge is -2.28. The second kappa shape index (κ2) is 10.6. The van der Waals surface area contributed by atoms with Crippen molar-refractivity contribution in [3.05, 3.63) is 97.0 Å². The molecule has 4 rings (SSSR count). The number of non-ortho nitro benzene ring substituents is 1. The van der Waals surface area contributed by atoms with E-state index >= 15 is 0 Å². The van der Waals surface area contributed by atoms with E-state index in [0.29, 0.717) is 39.1 Å². The maximum Gasteiger partial charge on any atom is 0.336 e. The Morgan fingerprint density at radius 1 is 1.22 bits per heavy atom. The van der Waals surface area contributed by atoms with Crippen molar-refractivity contribution in [1.82, 2.24) is 9.97 Å². The Bertz CT molecular complexity index is 1400. The van der Waals surface area contributed by atoms with Crippen LogP contribution in [0.5, 0.6) is 5.75 Å². The third-order valence-electron chi connectivity index (χ3n) is 5.65. The molecule has 0 amide bonds. The summed E-state index contributed by atoms with van der Waals surface area (Å²) in [7, 11) is 1.29. The van der Waals surface area contributed by atoms with Gasteiger partial charge in [-0.1, -0.05) is 30.8 Å². The molecular formula is C25H24N4O6S. The predicted molar refractivity (Wildman–Crippen MR) is 135 cm³/mol. The highest BCUT2D eigenvalue weighted by Crippen LogP contribution is 2.40. The number of ether oxygens (including phenoxy) is 2. The Hall–Kier alpha value is -4.12. The van der Waals surface area contributed by atoms with Crippen LogP contribution in [0.1, 0.15) is 36.5 Å². The van der Waals surface area contributed by atoms with Gasteiger partial charge in [0.05, 0.1) is 29.1 Å². The summed E-state index contributed by atoms with van der Waals surface area (Å²) in [6.45, 7) is 3.89. The van der Waals surface area contributed by atoms with Gasteiger partial charge in [-0.15, -0.1) is 0 Å². The second-order valence-electron chi connectivity index (χ2n) is 7.94. The highest BCUT2D eigenvalue weighted by atomic mass is 32.2. The summed E-state index contributed by atoms with van der Waals surface area (Å²) in [5.41, 5.74) is 2.23. The average Bonchev–Trinajstić information content (AvgIpc) is 2.86. The van der Waals surface area contributed by atoms with E-state index in [1.165, 1.54) is 31.0 Å². The molecule has 186 valence electrons. The van der Waals surface area contributed by atoms with Crippen molar-refractivity contribution in [3.8, 4) is 5.75 Å². The highest BCUT2D eigenvalue weighted by Gasteiger charge is 2.36. The molecule has 1 unspecified atom stereocenters. The number of carbonyl (C=O) groups excluding carboxylic acids is 1. The Morgan fingerprint density at radius 2 is 1.97 bits per heavy atom. The molecule has 0 saturated carbocycles. The molecule has 1 aliphatic rings. The summed E-state index contributed by atoms with van der Waals surface area (Å²) in [5, 5.41) is 14.4. The summed E-state index contributed by atoms with van der Waals surface area (Å²) >= 11 is 1.41. The van der Waals surface area contributed by atoms with Gasteiger partial charge in [0.2, 0.25) is 0 Å². The van der Waals surface area contributed by atoms with Crippen LogP contribution < -0.4 is 15.6 Å². The van der Waals surface area contributed by atoms with Gasteiger partial charge in [-0.3, -0.25) is 14.9 Å². The van der Waals surface area contributed by atoms with Gasteiger partial charge in [0.25, 0.3) is 11.2 Å². The molecule has 0 saturated heterocycles. The number of hydrogen-bond donors (Lipinski definition) is 2. The lowest BCUT2D eigenvalue weighted by Crippen LogP contribution is -2.31. The Morgan fingerprint density at radius 3 is 2.64 bits per heavy atom. The molecule has 1 atom stereocenters. The first-order chi connectivity index (χ1) is 17.3. The fourth-order valence-electron chi connectivity index (χ4n) is 4.01. The third-order valence-corrected chi connectivity index (χ3v) is 6.41. The van der Waals surface area contributed by atoms with Crippen molar-refractivity contribution < 1.29 is 19.2 Å². The molecule has 0 aliphatic carbocycles. The number of hydrogen-bond acceptors (Lipinski definition) is 9. The first kappa shape index (κ1) is 25.0. The number of anilines is 1. The fourth-order valence-corrected chi connectivity index (χ4v) is 4.61. The Kier molecular flexibility index (Phi) is 7.39. The van der Waals surface area contributed by atoms with Gasteiger partial charge in [0.15, 0.2) is 5.16 Å². The quantitative estimate of drug-likeness (QED) is 0.149. The second-order valence-corrected chi connectivity index (χ2v) is 9.19. The molecule has 1 aromatic heterocycles. The maximum absolute atomic E-state index is 13.2. The Labute approximate surface area is 210 Å². The number of nitro benzene ring substituents is 1. The molecule has 3 aromatic rings. The van der Waals surface area contributed by atoms with Crippen LogP contribution in [-0.4, -0.2) is 33.7 Å². The summed E-state index contributed by atoms with van der Waals surface area (Å²) in [6.07, 6.45) is 0. The van der Waals surface area contributed by atoms with Crippen LogP contribution in [0.3, 0.4) is 0 Å². The number of nitrogens with one attached hydrogen (secondary N) is 2. The number of aromatic nitrogens is 2. The number of methoxy groups -OCH3 is 1. The molecule has 0 fully saturated rings. The van der Waals surface area contributed by atoms with Gasteiger partial charge in [-0.25, -0.2) is 9.78 Å². The third kappa shape index (κ3) is 5.10. The van der Waals surface area contributed by atoms with Crippen LogP contribution >= 0.6 is 11.8 Å². The maximum atomic E-state index is 13.2. The Balaban J connectivity index is 1.71. The van der Waals surface area contributed by atoms with Crippen molar-refractivity contribution in [3.63, 3.8) is 0 Å². The van der Waals surface area contributed by atoms with Crippen LogP contribution in [0.4, 0.5) is 11.5 Å². The molecular weight excluding hydrogens is 484 g/mol. The van der Waals surface area contributed by atoms with Crippen molar-refractivity contribution in [2.75, 3.05) is 18.2 Å². The minimum absolute atomic E-state index is 0.00198. The first-order valence-corrected chi connectivity index (χ1v) is 12.1. The van der Waals surface area contributed by atoms with Gasteiger partial charge >= 0.3 is 5.97 Å². The average molecular weight is 509 g/mol. The van der Waals surface area contributed by atoms with Crippen LogP contribution in [0.2, 0.25) is 0 Å². The molecule has 36 heavy (non-hydrogen) atoms. The zero-order valence-corrected chi connectivity index (χ0v) is 20.7. The number of aromatic amines is 1. The summed E-state index contributed by atoms with van der Waals surface area (Å²) in [6, 6.07) is 13.2. The van der Waals surface area contributed by atoms with Gasteiger partial charge in [-0.05, 0) is 48.1 Å². The number of nitro groups is 1. The van der Waals surface area contributed by atoms with Crippen LogP contribution in [0.25, 0.3) is 0 Å². The van der Waals surface area contributed by atoms with Crippen molar-refractivity contribution in [1.29, 1.82) is 0 Å². The molecule has 11 heteroatoms. The van der Waals surface area contributed by atoms with Crippen molar-refractivity contribution in [2.24, 2.45) is 0 Å². The smallest absolute Gasteiger partial charge is 0.336 e. The summed E-state index contributed by atoms with van der Waals surface area (Å²) in [5.74, 6) is 0.354. The zero-order valence-electron chi connectivity index (χ0n) is 19.9. The molecule has 0 spiro atoms. The molecule has 2 N–H and O–H groups in total. The number of carbonyl (C=O) groups is 1. The van der Waals surface area contributed by atoms with E-state index in [-0.39, 0.29) is 17.9 Å². The normalized spacial score (nSPS) is 14.6. The number of thioether (sulfide) groups is 1. The number of allylic oxidation sites excluding steroid dienone is 1. The monoisotopic (exact) mass is 508 g/mol. The number of benzene rings is 2. The van der Waals surface area contributed by atoms with E-state index in [1.54, 1.807) is 37.3 Å². The molecule has 0 radical (unpaired) electrons. The van der Waals surface area contributed by atoms with Crippen LogP contribution in [0, 0.1) is 10.1 Å². The van der Waals surface area contributed by atoms with Gasteiger partial charge in [0, 0.05) is 17.8 Å². The first-order valence-electron chi connectivity index (χ1n) is 11.1. The zero-order chi connectivity index (χ0) is 25.8. The van der Waals surface area contributed by atoms with E-state index in [2.05, 4.69) is 15.3 Å². The lowest BCUT2D eigenvalue weighted by atomic mass is 9.82. The fraction of sp³-hybridized carbons (Fsp3) is 0.240. The number of rotatable bonds is 8. The summed E-state index contributed by atoms with van der Waals surface area (Å²) in [4.78, 5) is 43.7. The van der Waals surface area contributed by atoms with E-state index in [4.69, 9.17) is 9.47 Å². The molecule has 2 heterocycles. The van der Waals surface area contributed by atoms with E-state index < -0.39 is 16.8 Å². The van der Waals surface area contributed by atoms with Gasteiger partial charge in [-0.2, -0.15) is 0 Å². The van der Waals surface area contributed by atoms with E-state index in [9.17, 15) is 19.7 Å². The van der Waals surface area contributed by atoms with Crippen LogP contribution in [0.15, 0.2) is 69.8 Å². The van der Waals surface area contributed by atoms with E-state index in [1.807, 2.05) is 13.0 Å². The predicted octanol–water partition coefficient (Wildman–Crippen LogP) is 4.37. The largest absolute Gasteiger partial charge is 0.489 e. The number of esters is 1. The SMILES string of the molecule is CCSc1nc2c(c(=O)[nH]1)C(c1cccc(OCc3ccc([N+](=O)[O-])cc3)c1)C(C(=O)OC)=C(C)N2. The minimum Gasteiger partial charge on any atom is -0.489 e. The van der Waals surface area contributed by atoms with Crippen molar-refractivity contribution in [2.45, 2.75) is 31.5 Å². The standard InChI is InChI=1S/C25H24N4O6S/c1-4-36-25-27-22-21(23(30)28-25)20(19(14(2)26-22)24(31)34-3)16-6-5-7-18(12-16)35-13-15-8-10-17(11-9-15)29(32)33/h5-12,20H,4,13H2,1-3H3,(H2,26,27,28,30). The number of fused-ring (bicyclic) bond motifs is 1. The number of H-pyrrole nitrogens is 1. The highest BCUT2D eigenvalue weighted by molar-refractivity contribution is 7.99. The topological polar surface area (TPSA) is 136 Å². The van der Waals surface area contributed by atoms with Crippen molar-refractivity contribution >= 4 is 29.2 Å².